The van der Waals surface area contributed by atoms with E-state index in [1.807, 2.05) is 51.4 Å². The highest BCUT2D eigenvalue weighted by atomic mass is 32.1. The Kier molecular flexibility index (Phi) is 9.79. The summed E-state index contributed by atoms with van der Waals surface area (Å²) in [4.78, 5) is 17.4. The van der Waals surface area contributed by atoms with Gasteiger partial charge in [-0.1, -0.05) is 18.1 Å². The zero-order valence-electron chi connectivity index (χ0n) is 18.5. The van der Waals surface area contributed by atoms with Crippen LogP contribution in [0.25, 0.3) is 10.4 Å². The van der Waals surface area contributed by atoms with E-state index in [-0.39, 0.29) is 13.2 Å². The molecule has 0 unspecified atom stereocenters. The maximum atomic E-state index is 12.0. The second-order valence-corrected chi connectivity index (χ2v) is 8.52. The normalized spacial score (nSPS) is 11.1. The molecule has 1 N–H and O–H groups in total. The average molecular weight is 447 g/mol. The fourth-order valence-corrected chi connectivity index (χ4v) is 3.40. The van der Waals surface area contributed by atoms with Crippen LogP contribution in [0.3, 0.4) is 0 Å². The second-order valence-electron chi connectivity index (χ2n) is 7.66. The predicted octanol–water partition coefficient (Wildman–Crippen LogP) is 4.19. The van der Waals surface area contributed by atoms with E-state index in [1.54, 1.807) is 11.3 Å². The first-order valence-corrected chi connectivity index (χ1v) is 10.9. The minimum absolute atomic E-state index is 0.275. The molecule has 1 aromatic carbocycles. The predicted molar refractivity (Wildman–Crippen MR) is 121 cm³/mol. The first-order valence-electron chi connectivity index (χ1n) is 10.0. The molecule has 0 radical (unpaired) electrons. The molecule has 0 aliphatic rings. The van der Waals surface area contributed by atoms with Crippen molar-refractivity contribution in [2.75, 3.05) is 33.0 Å². The maximum absolute atomic E-state index is 12.0. The van der Waals surface area contributed by atoms with Gasteiger partial charge < -0.3 is 24.3 Å². The molecule has 0 atom stereocenters. The number of aromatic nitrogens is 1. The third kappa shape index (κ3) is 8.97. The van der Waals surface area contributed by atoms with Crippen molar-refractivity contribution in [1.82, 2.24) is 10.3 Å². The number of benzene rings is 1. The van der Waals surface area contributed by atoms with Gasteiger partial charge in [-0.25, -0.2) is 9.78 Å². The molecule has 1 amide bonds. The maximum Gasteiger partial charge on any atom is 0.407 e. The zero-order chi connectivity index (χ0) is 22.7. The summed E-state index contributed by atoms with van der Waals surface area (Å²) < 4.78 is 21.9. The fraction of sp³-hybridized carbons (Fsp3) is 0.478. The molecule has 2 rings (SSSR count). The van der Waals surface area contributed by atoms with Crippen molar-refractivity contribution in [2.24, 2.45) is 0 Å². The molecule has 1 heterocycles. The molecular formula is C23H30N2O5S. The van der Waals surface area contributed by atoms with Crippen LogP contribution in [-0.2, 0) is 20.8 Å². The number of ether oxygens (including phenoxy) is 4. The van der Waals surface area contributed by atoms with Crippen molar-refractivity contribution in [1.29, 1.82) is 0 Å². The van der Waals surface area contributed by atoms with Gasteiger partial charge in [0.15, 0.2) is 0 Å². The molecule has 0 saturated carbocycles. The Morgan fingerprint density at radius 3 is 2.61 bits per heavy atom. The first-order chi connectivity index (χ1) is 14.8. The molecular weight excluding hydrogens is 416 g/mol. The van der Waals surface area contributed by atoms with E-state index in [0.717, 1.165) is 21.7 Å². The lowest BCUT2D eigenvalue weighted by Crippen LogP contribution is -2.32. The average Bonchev–Trinajstić information content (AvgIpc) is 3.13. The number of rotatable bonds is 11. The van der Waals surface area contributed by atoms with Gasteiger partial charge >= 0.3 is 6.09 Å². The van der Waals surface area contributed by atoms with Gasteiger partial charge in [-0.2, -0.15) is 0 Å². The molecule has 0 saturated heterocycles. The third-order valence-electron chi connectivity index (χ3n) is 3.94. The number of carbonyl (C=O) groups is 1. The van der Waals surface area contributed by atoms with Crippen LogP contribution < -0.4 is 10.1 Å². The zero-order valence-corrected chi connectivity index (χ0v) is 19.3. The molecule has 0 aliphatic carbocycles. The number of aryl methyl sites for hydroxylation is 1. The Hall–Kier alpha value is -2.60. The van der Waals surface area contributed by atoms with Crippen LogP contribution in [0.1, 0.15) is 32.0 Å². The standard InChI is InChI=1S/C23H30N2O5S/c1-6-9-27-10-11-28-12-13-29-20-14-18(21-17(2)25-16-31-21)7-8-19(20)15-24-22(26)30-23(3,4)5/h1,7-8,14,16H,9-13,15H2,2-5H3,(H,24,26). The van der Waals surface area contributed by atoms with Gasteiger partial charge in [0.05, 0.1) is 35.9 Å². The van der Waals surface area contributed by atoms with E-state index in [1.165, 1.54) is 0 Å². The largest absolute Gasteiger partial charge is 0.491 e. The van der Waals surface area contributed by atoms with E-state index >= 15 is 0 Å². The van der Waals surface area contributed by atoms with Gasteiger partial charge in [0.2, 0.25) is 0 Å². The van der Waals surface area contributed by atoms with Gasteiger partial charge in [-0.15, -0.1) is 17.8 Å². The Labute approximate surface area is 188 Å². The SMILES string of the molecule is C#CCOCCOCCOc1cc(-c2scnc2C)ccc1CNC(=O)OC(C)(C)C. The lowest BCUT2D eigenvalue weighted by molar-refractivity contribution is 0.0459. The van der Waals surface area contributed by atoms with E-state index in [9.17, 15) is 4.79 Å². The number of thiazole rings is 1. The lowest BCUT2D eigenvalue weighted by Gasteiger charge is -2.20. The van der Waals surface area contributed by atoms with Crippen LogP contribution in [0.5, 0.6) is 5.75 Å². The van der Waals surface area contributed by atoms with Crippen molar-refractivity contribution in [3.63, 3.8) is 0 Å². The summed E-state index contributed by atoms with van der Waals surface area (Å²) in [5.41, 5.74) is 4.08. The summed E-state index contributed by atoms with van der Waals surface area (Å²) >= 11 is 1.57. The quantitative estimate of drug-likeness (QED) is 0.412. The molecule has 31 heavy (non-hydrogen) atoms. The first kappa shape index (κ1) is 24.7. The van der Waals surface area contributed by atoms with Gasteiger partial charge in [0.25, 0.3) is 0 Å². The topological polar surface area (TPSA) is 78.9 Å². The van der Waals surface area contributed by atoms with Crippen molar-refractivity contribution in [3.05, 3.63) is 35.0 Å². The Morgan fingerprint density at radius 1 is 1.19 bits per heavy atom. The third-order valence-corrected chi connectivity index (χ3v) is 4.92. The molecule has 7 nitrogen and oxygen atoms in total. The number of nitrogens with one attached hydrogen (secondary N) is 1. The number of alkyl carbamates (subject to hydrolysis) is 1. The van der Waals surface area contributed by atoms with Crippen LogP contribution >= 0.6 is 11.3 Å². The summed E-state index contributed by atoms with van der Waals surface area (Å²) in [5, 5.41) is 2.78. The number of hydrogen-bond donors (Lipinski definition) is 1. The minimum atomic E-state index is -0.557. The van der Waals surface area contributed by atoms with E-state index < -0.39 is 11.7 Å². The highest BCUT2D eigenvalue weighted by Gasteiger charge is 2.17. The number of terminal acetylenes is 1. The van der Waals surface area contributed by atoms with Crippen molar-refractivity contribution >= 4 is 17.4 Å². The van der Waals surface area contributed by atoms with Gasteiger partial charge in [-0.3, -0.25) is 0 Å². The molecule has 8 heteroatoms. The van der Waals surface area contributed by atoms with Gasteiger partial charge in [0.1, 0.15) is 24.6 Å². The van der Waals surface area contributed by atoms with Crippen molar-refractivity contribution < 1.29 is 23.7 Å². The summed E-state index contributed by atoms with van der Waals surface area (Å²) in [6.07, 6.45) is 4.65. The second kappa shape index (κ2) is 12.3. The van der Waals surface area contributed by atoms with Crippen molar-refractivity contribution in [3.8, 4) is 28.5 Å². The number of carbonyl (C=O) groups excluding carboxylic acids is 1. The molecule has 0 aliphatic heterocycles. The molecule has 168 valence electrons. The van der Waals surface area contributed by atoms with Crippen molar-refractivity contribution in [2.45, 2.75) is 39.8 Å². The molecule has 0 bridgehead atoms. The lowest BCUT2D eigenvalue weighted by atomic mass is 10.1. The Bertz CT molecular complexity index is 883. The molecule has 0 fully saturated rings. The van der Waals surface area contributed by atoms with Crippen LogP contribution in [0.4, 0.5) is 4.79 Å². The Balaban J connectivity index is 2.00. The van der Waals surface area contributed by atoms with E-state index in [4.69, 9.17) is 25.4 Å². The van der Waals surface area contributed by atoms with E-state index in [0.29, 0.717) is 32.2 Å². The molecule has 2 aromatic rings. The van der Waals surface area contributed by atoms with Crippen LogP contribution in [0.2, 0.25) is 0 Å². The summed E-state index contributed by atoms with van der Waals surface area (Å²) in [5.74, 6) is 3.08. The van der Waals surface area contributed by atoms with Crippen LogP contribution in [-0.4, -0.2) is 49.7 Å². The smallest absolute Gasteiger partial charge is 0.407 e. The molecule has 1 aromatic heterocycles. The molecule has 0 spiro atoms. The van der Waals surface area contributed by atoms with Crippen LogP contribution in [0, 0.1) is 19.3 Å². The monoisotopic (exact) mass is 446 g/mol. The Morgan fingerprint density at radius 2 is 1.94 bits per heavy atom. The summed E-state index contributed by atoms with van der Waals surface area (Å²) in [7, 11) is 0. The highest BCUT2D eigenvalue weighted by Crippen LogP contribution is 2.32. The van der Waals surface area contributed by atoms with Gasteiger partial charge in [0, 0.05) is 12.1 Å². The summed E-state index contributed by atoms with van der Waals surface area (Å²) in [6, 6.07) is 5.90. The number of amides is 1. The minimum Gasteiger partial charge on any atom is -0.491 e. The summed E-state index contributed by atoms with van der Waals surface area (Å²) in [6.45, 7) is 9.65. The fourth-order valence-electron chi connectivity index (χ4n) is 2.60. The van der Waals surface area contributed by atoms with Gasteiger partial charge in [-0.05, 0) is 39.3 Å². The number of hydrogen-bond acceptors (Lipinski definition) is 7. The number of nitrogens with zero attached hydrogens (tertiary/aromatic N) is 1. The van der Waals surface area contributed by atoms with Crippen LogP contribution in [0.15, 0.2) is 23.7 Å². The van der Waals surface area contributed by atoms with E-state index in [2.05, 4.69) is 16.2 Å². The highest BCUT2D eigenvalue weighted by molar-refractivity contribution is 7.13.